The monoisotopic (exact) mass is 474 g/mol. The molecule has 0 amide bonds. The van der Waals surface area contributed by atoms with E-state index in [0.29, 0.717) is 6.42 Å². The summed E-state index contributed by atoms with van der Waals surface area (Å²) in [6, 6.07) is 23.2. The van der Waals surface area contributed by atoms with E-state index < -0.39 is 21.7 Å². The summed E-state index contributed by atoms with van der Waals surface area (Å²) in [5.41, 5.74) is 4.80. The molecule has 4 aromatic rings. The van der Waals surface area contributed by atoms with Crippen LogP contribution in [0, 0.1) is 6.92 Å². The number of aryl methyl sites for hydroxylation is 1. The van der Waals surface area contributed by atoms with Crippen LogP contribution in [0.25, 0.3) is 11.0 Å². The van der Waals surface area contributed by atoms with Gasteiger partial charge in [0.2, 0.25) is 0 Å². The number of nitrogens with zero attached hydrogens (tertiary/aromatic N) is 2. The van der Waals surface area contributed by atoms with E-state index in [9.17, 15) is 14.7 Å². The number of fused-ring (bicyclic) bond motifs is 1. The van der Waals surface area contributed by atoms with Crippen molar-refractivity contribution < 1.29 is 14.7 Å². The van der Waals surface area contributed by atoms with Crippen LogP contribution in [-0.2, 0) is 16.0 Å². The summed E-state index contributed by atoms with van der Waals surface area (Å²) in [4.78, 5) is 28.6. The van der Waals surface area contributed by atoms with Crippen LogP contribution in [0.15, 0.2) is 79.1 Å². The standard InChI is InChI=1S/C25H23AsN2O3/c1-17-6-5-7-18(12-17)13-24(29)26-20-10-11-22-21(14-20)27-16-28(22)23(15-25(30)31)19-8-3-2-4-9-19/h2-12,14,16,23,26H,13,15H2,1H3,(H,30,31). The SMILES string of the molecule is Cc1cccc(CC(=O)[AsH]c2ccc3c(c2)ncn3C(CC(=O)O)c2ccccc2)c1. The summed E-state index contributed by atoms with van der Waals surface area (Å²) in [6.45, 7) is 2.03. The number of hydrogen-bond donors (Lipinski definition) is 1. The van der Waals surface area contributed by atoms with Crippen molar-refractivity contribution in [1.29, 1.82) is 0 Å². The van der Waals surface area contributed by atoms with Crippen LogP contribution in [0.5, 0.6) is 0 Å². The first kappa shape index (κ1) is 21.1. The Balaban J connectivity index is 1.57. The first-order valence-electron chi connectivity index (χ1n) is 10.1. The fraction of sp³-hybridized carbons (Fsp3) is 0.160. The molecule has 0 spiro atoms. The topological polar surface area (TPSA) is 72.2 Å². The van der Waals surface area contributed by atoms with E-state index in [-0.39, 0.29) is 17.0 Å². The molecule has 6 heteroatoms. The predicted molar refractivity (Wildman–Crippen MR) is 123 cm³/mol. The van der Waals surface area contributed by atoms with Crippen molar-refractivity contribution in [3.63, 3.8) is 0 Å². The molecule has 1 aromatic heterocycles. The third-order valence-corrected chi connectivity index (χ3v) is 7.41. The Bertz CT molecular complexity index is 1230. The molecular weight excluding hydrogens is 451 g/mol. The van der Waals surface area contributed by atoms with Gasteiger partial charge >= 0.3 is 188 Å². The first-order chi connectivity index (χ1) is 15.0. The van der Waals surface area contributed by atoms with Crippen LogP contribution in [0.4, 0.5) is 0 Å². The molecule has 3 aromatic carbocycles. The molecule has 4 rings (SSSR count). The summed E-state index contributed by atoms with van der Waals surface area (Å²) in [6.07, 6.45) is 2.13. The molecule has 1 N–H and O–H groups in total. The molecule has 0 aliphatic heterocycles. The number of benzene rings is 3. The number of rotatable bonds is 8. The number of carbonyl (C=O) groups excluding carboxylic acids is 1. The van der Waals surface area contributed by atoms with E-state index in [0.717, 1.165) is 32.1 Å². The number of aromatic nitrogens is 2. The quantitative estimate of drug-likeness (QED) is 0.398. The van der Waals surface area contributed by atoms with E-state index in [1.54, 1.807) is 6.33 Å². The first-order valence-corrected chi connectivity index (χ1v) is 12.2. The minimum atomic E-state index is -0.949. The van der Waals surface area contributed by atoms with Gasteiger partial charge in [0.25, 0.3) is 0 Å². The molecule has 0 bridgehead atoms. The second-order valence-electron chi connectivity index (χ2n) is 7.59. The average Bonchev–Trinajstić information content (AvgIpc) is 3.15. The molecule has 31 heavy (non-hydrogen) atoms. The number of aliphatic carboxylic acids is 1. The zero-order chi connectivity index (χ0) is 21.8. The summed E-state index contributed by atoms with van der Waals surface area (Å²) < 4.78 is 3.22. The van der Waals surface area contributed by atoms with Crippen LogP contribution >= 0.6 is 0 Å². The number of imidazole rings is 1. The van der Waals surface area contributed by atoms with Crippen molar-refractivity contribution in [1.82, 2.24) is 9.55 Å². The summed E-state index contributed by atoms with van der Waals surface area (Å²) in [5, 5.41) is 9.43. The maximum absolute atomic E-state index is 12.6. The number of carboxylic acids is 1. The molecule has 0 radical (unpaired) electrons. The molecule has 0 saturated heterocycles. The molecule has 2 unspecified atom stereocenters. The van der Waals surface area contributed by atoms with Crippen molar-refractivity contribution in [2.75, 3.05) is 0 Å². The van der Waals surface area contributed by atoms with Crippen LogP contribution in [0.1, 0.15) is 29.2 Å². The number of carboxylic acid groups (broad SMARTS) is 1. The molecule has 2 atom stereocenters. The second-order valence-corrected chi connectivity index (χ2v) is 10.5. The number of carbonyl (C=O) groups is 2. The van der Waals surface area contributed by atoms with Crippen LogP contribution in [0.2, 0.25) is 0 Å². The normalized spacial score (nSPS) is 12.4. The zero-order valence-corrected chi connectivity index (χ0v) is 19.3. The molecular formula is C25H23AsN2O3. The Labute approximate surface area is 187 Å². The van der Waals surface area contributed by atoms with Gasteiger partial charge in [-0.25, -0.2) is 0 Å². The second kappa shape index (κ2) is 9.32. The minimum absolute atomic E-state index is 0.0277. The summed E-state index contributed by atoms with van der Waals surface area (Å²) in [5.74, 6) is -0.860. The van der Waals surface area contributed by atoms with Gasteiger partial charge in [-0.1, -0.05) is 0 Å². The van der Waals surface area contributed by atoms with Crippen LogP contribution < -0.4 is 4.35 Å². The van der Waals surface area contributed by atoms with Crippen molar-refractivity contribution >= 4 is 41.7 Å². The van der Waals surface area contributed by atoms with E-state index >= 15 is 0 Å². The van der Waals surface area contributed by atoms with Crippen LogP contribution in [0.3, 0.4) is 0 Å². The van der Waals surface area contributed by atoms with Crippen LogP contribution in [-0.4, -0.2) is 41.0 Å². The predicted octanol–water partition coefficient (Wildman–Crippen LogP) is 3.24. The van der Waals surface area contributed by atoms with E-state index in [2.05, 4.69) is 11.1 Å². The van der Waals surface area contributed by atoms with Crippen molar-refractivity contribution in [2.24, 2.45) is 0 Å². The molecule has 0 fully saturated rings. The Morgan fingerprint density at radius 2 is 1.84 bits per heavy atom. The molecule has 1 heterocycles. The Morgan fingerprint density at radius 1 is 1.03 bits per heavy atom. The van der Waals surface area contributed by atoms with Gasteiger partial charge in [0, 0.05) is 0 Å². The average molecular weight is 474 g/mol. The van der Waals surface area contributed by atoms with Gasteiger partial charge in [-0.3, -0.25) is 0 Å². The summed E-state index contributed by atoms with van der Waals surface area (Å²) in [7, 11) is 0. The van der Waals surface area contributed by atoms with Gasteiger partial charge in [-0.05, 0) is 0 Å². The Kier molecular flexibility index (Phi) is 6.33. The van der Waals surface area contributed by atoms with E-state index in [4.69, 9.17) is 0 Å². The van der Waals surface area contributed by atoms with Gasteiger partial charge in [0.1, 0.15) is 0 Å². The van der Waals surface area contributed by atoms with Crippen molar-refractivity contribution in [3.8, 4) is 0 Å². The van der Waals surface area contributed by atoms with Gasteiger partial charge in [-0.15, -0.1) is 0 Å². The van der Waals surface area contributed by atoms with Crippen molar-refractivity contribution in [3.05, 3.63) is 95.8 Å². The number of hydrogen-bond acceptors (Lipinski definition) is 3. The van der Waals surface area contributed by atoms with Gasteiger partial charge < -0.3 is 0 Å². The van der Waals surface area contributed by atoms with Gasteiger partial charge in [-0.2, -0.15) is 0 Å². The maximum atomic E-state index is 12.6. The molecule has 0 aliphatic carbocycles. The fourth-order valence-corrected chi connectivity index (χ4v) is 5.87. The van der Waals surface area contributed by atoms with E-state index in [1.165, 1.54) is 0 Å². The molecule has 0 aliphatic rings. The third-order valence-electron chi connectivity index (χ3n) is 5.19. The molecule has 5 nitrogen and oxygen atoms in total. The van der Waals surface area contributed by atoms with Gasteiger partial charge in [0.05, 0.1) is 0 Å². The Hall–Kier alpha value is -3.17. The van der Waals surface area contributed by atoms with Gasteiger partial charge in [0.15, 0.2) is 0 Å². The fourth-order valence-electron chi connectivity index (χ4n) is 3.79. The third kappa shape index (κ3) is 5.12. The molecule has 0 saturated carbocycles. The van der Waals surface area contributed by atoms with Crippen molar-refractivity contribution in [2.45, 2.75) is 25.8 Å². The van der Waals surface area contributed by atoms with E-state index in [1.807, 2.05) is 78.2 Å². The Morgan fingerprint density at radius 3 is 2.58 bits per heavy atom. The summed E-state index contributed by atoms with van der Waals surface area (Å²) >= 11 is -0.949. The zero-order valence-electron chi connectivity index (χ0n) is 17.2. The molecule has 156 valence electrons.